The topological polar surface area (TPSA) is 29.3 Å². The average Bonchev–Trinajstić information content (AvgIpc) is 2.34. The van der Waals surface area contributed by atoms with Crippen LogP contribution >= 0.6 is 15.9 Å². The van der Waals surface area contributed by atoms with Gasteiger partial charge in [-0.2, -0.15) is 0 Å². The van der Waals surface area contributed by atoms with Gasteiger partial charge in [-0.3, -0.25) is 4.90 Å². The molecule has 0 aromatic heterocycles. The maximum absolute atomic E-state index is 5.94. The molecule has 0 bridgehead atoms. The van der Waals surface area contributed by atoms with E-state index in [4.69, 9.17) is 5.73 Å². The summed E-state index contributed by atoms with van der Waals surface area (Å²) >= 11 is 3.44. The molecule has 0 heterocycles. The summed E-state index contributed by atoms with van der Waals surface area (Å²) in [5, 5.41) is 0. The largest absolute Gasteiger partial charge is 0.398 e. The number of nitrogen functional groups attached to an aromatic ring is 1. The summed E-state index contributed by atoms with van der Waals surface area (Å²) in [5.74, 6) is 0.816. The Morgan fingerprint density at radius 2 is 2.06 bits per heavy atom. The summed E-state index contributed by atoms with van der Waals surface area (Å²) < 4.78 is 0.986. The van der Waals surface area contributed by atoms with E-state index in [0.717, 1.165) is 28.7 Å². The lowest BCUT2D eigenvalue weighted by atomic mass is 9.85. The fraction of sp³-hybridized carbons (Fsp3) is 0.600. The Kier molecular flexibility index (Phi) is 4.68. The second kappa shape index (κ2) is 6.07. The molecule has 1 aliphatic rings. The smallest absolute Gasteiger partial charge is 0.0461 e. The highest BCUT2D eigenvalue weighted by molar-refractivity contribution is 9.10. The molecule has 2 N–H and O–H groups in total. The van der Waals surface area contributed by atoms with Gasteiger partial charge in [-0.25, -0.2) is 0 Å². The molecular formula is C15H23BrN2. The lowest BCUT2D eigenvalue weighted by molar-refractivity contribution is 0.133. The van der Waals surface area contributed by atoms with Gasteiger partial charge in [-0.05, 0) is 59.4 Å². The van der Waals surface area contributed by atoms with E-state index in [0.29, 0.717) is 0 Å². The van der Waals surface area contributed by atoms with Crippen molar-refractivity contribution in [2.45, 2.75) is 45.2 Å². The predicted molar refractivity (Wildman–Crippen MR) is 81.4 cm³/mol. The van der Waals surface area contributed by atoms with Crippen LogP contribution in [0.1, 0.15) is 38.2 Å². The van der Waals surface area contributed by atoms with Crippen molar-refractivity contribution in [2.24, 2.45) is 5.92 Å². The third kappa shape index (κ3) is 3.27. The standard InChI is InChI=1S/C15H23BrN2/c1-11-5-3-4-6-15(11)18(2)10-12-7-8-13(16)14(17)9-12/h7-9,11,15H,3-6,10,17H2,1-2H3. The lowest BCUT2D eigenvalue weighted by Gasteiger charge is -2.36. The normalized spacial score (nSPS) is 24.4. The molecule has 2 unspecified atom stereocenters. The van der Waals surface area contributed by atoms with E-state index in [1.54, 1.807) is 0 Å². The summed E-state index contributed by atoms with van der Waals surface area (Å²) in [7, 11) is 2.24. The highest BCUT2D eigenvalue weighted by Crippen LogP contribution is 2.29. The predicted octanol–water partition coefficient (Wildman–Crippen LogP) is 4.04. The number of halogens is 1. The molecule has 2 rings (SSSR count). The highest BCUT2D eigenvalue weighted by Gasteiger charge is 2.24. The minimum Gasteiger partial charge on any atom is -0.398 e. The van der Waals surface area contributed by atoms with Crippen LogP contribution in [0.25, 0.3) is 0 Å². The van der Waals surface area contributed by atoms with Gasteiger partial charge < -0.3 is 5.73 Å². The number of hydrogen-bond acceptors (Lipinski definition) is 2. The summed E-state index contributed by atoms with van der Waals surface area (Å²) in [6, 6.07) is 7.00. The van der Waals surface area contributed by atoms with Crippen molar-refractivity contribution >= 4 is 21.6 Å². The second-order valence-electron chi connectivity index (χ2n) is 5.60. The first-order valence-corrected chi connectivity index (χ1v) is 7.61. The zero-order chi connectivity index (χ0) is 13.1. The van der Waals surface area contributed by atoms with E-state index < -0.39 is 0 Å². The number of hydrogen-bond donors (Lipinski definition) is 1. The summed E-state index contributed by atoms with van der Waals surface area (Å²) in [6.07, 6.45) is 5.49. The first-order valence-electron chi connectivity index (χ1n) is 6.82. The van der Waals surface area contributed by atoms with E-state index >= 15 is 0 Å². The summed E-state index contributed by atoms with van der Waals surface area (Å²) in [5.41, 5.74) is 8.07. The van der Waals surface area contributed by atoms with Crippen LogP contribution in [-0.2, 0) is 6.54 Å². The van der Waals surface area contributed by atoms with Gasteiger partial charge in [-0.1, -0.05) is 25.8 Å². The van der Waals surface area contributed by atoms with Gasteiger partial charge in [0.15, 0.2) is 0 Å². The van der Waals surface area contributed by atoms with Gasteiger partial charge in [0, 0.05) is 22.7 Å². The molecule has 0 saturated heterocycles. The Morgan fingerprint density at radius 1 is 1.33 bits per heavy atom. The minimum atomic E-state index is 0.726. The molecule has 1 saturated carbocycles. The van der Waals surface area contributed by atoms with Crippen LogP contribution in [0.5, 0.6) is 0 Å². The number of nitrogens with zero attached hydrogens (tertiary/aromatic N) is 1. The van der Waals surface area contributed by atoms with E-state index in [1.165, 1.54) is 31.2 Å². The van der Waals surface area contributed by atoms with Crippen molar-refractivity contribution < 1.29 is 0 Å². The Morgan fingerprint density at radius 3 is 2.72 bits per heavy atom. The average molecular weight is 311 g/mol. The van der Waals surface area contributed by atoms with E-state index in [2.05, 4.69) is 46.9 Å². The molecule has 0 aliphatic heterocycles. The number of anilines is 1. The van der Waals surface area contributed by atoms with Crippen molar-refractivity contribution in [3.8, 4) is 0 Å². The van der Waals surface area contributed by atoms with Gasteiger partial charge >= 0.3 is 0 Å². The van der Waals surface area contributed by atoms with Gasteiger partial charge in [0.25, 0.3) is 0 Å². The van der Waals surface area contributed by atoms with Crippen LogP contribution in [0, 0.1) is 5.92 Å². The molecule has 100 valence electrons. The zero-order valence-corrected chi connectivity index (χ0v) is 12.9. The van der Waals surface area contributed by atoms with Gasteiger partial charge in [-0.15, -0.1) is 0 Å². The maximum atomic E-state index is 5.94. The molecule has 2 nitrogen and oxygen atoms in total. The molecule has 0 spiro atoms. The Labute approximate surface area is 119 Å². The van der Waals surface area contributed by atoms with Crippen LogP contribution in [0.3, 0.4) is 0 Å². The fourth-order valence-electron chi connectivity index (χ4n) is 3.05. The number of rotatable bonds is 3. The summed E-state index contributed by atoms with van der Waals surface area (Å²) in [4.78, 5) is 2.49. The molecule has 1 fully saturated rings. The first kappa shape index (κ1) is 13.9. The van der Waals surface area contributed by atoms with E-state index in [-0.39, 0.29) is 0 Å². The molecule has 2 atom stereocenters. The maximum Gasteiger partial charge on any atom is 0.0461 e. The van der Waals surface area contributed by atoms with Crippen molar-refractivity contribution in [1.29, 1.82) is 0 Å². The van der Waals surface area contributed by atoms with Gasteiger partial charge in [0.05, 0.1) is 0 Å². The SMILES string of the molecule is CC1CCCCC1N(C)Cc1ccc(Br)c(N)c1. The summed E-state index contributed by atoms with van der Waals surface area (Å²) in [6.45, 7) is 3.38. The molecular weight excluding hydrogens is 288 g/mol. The van der Waals surface area contributed by atoms with E-state index in [1.807, 2.05) is 6.07 Å². The van der Waals surface area contributed by atoms with Crippen molar-refractivity contribution in [3.05, 3.63) is 28.2 Å². The second-order valence-corrected chi connectivity index (χ2v) is 6.45. The monoisotopic (exact) mass is 310 g/mol. The lowest BCUT2D eigenvalue weighted by Crippen LogP contribution is -2.38. The first-order chi connectivity index (χ1) is 8.58. The third-order valence-corrected chi connectivity index (χ3v) is 4.85. The quantitative estimate of drug-likeness (QED) is 0.854. The minimum absolute atomic E-state index is 0.726. The van der Waals surface area contributed by atoms with E-state index in [9.17, 15) is 0 Å². The van der Waals surface area contributed by atoms with Gasteiger partial charge in [0.1, 0.15) is 0 Å². The van der Waals surface area contributed by atoms with Crippen molar-refractivity contribution in [2.75, 3.05) is 12.8 Å². The molecule has 1 aromatic carbocycles. The number of benzene rings is 1. The molecule has 0 radical (unpaired) electrons. The van der Waals surface area contributed by atoms with Gasteiger partial charge in [0.2, 0.25) is 0 Å². The molecule has 3 heteroatoms. The molecule has 1 aromatic rings. The Hall–Kier alpha value is -0.540. The highest BCUT2D eigenvalue weighted by atomic mass is 79.9. The molecule has 18 heavy (non-hydrogen) atoms. The zero-order valence-electron chi connectivity index (χ0n) is 11.3. The number of nitrogens with two attached hydrogens (primary N) is 1. The van der Waals surface area contributed by atoms with Crippen LogP contribution < -0.4 is 5.73 Å². The van der Waals surface area contributed by atoms with Crippen LogP contribution in [-0.4, -0.2) is 18.0 Å². The molecule has 0 amide bonds. The van der Waals surface area contributed by atoms with Crippen molar-refractivity contribution in [3.63, 3.8) is 0 Å². The van der Waals surface area contributed by atoms with Crippen molar-refractivity contribution in [1.82, 2.24) is 4.90 Å². The third-order valence-electron chi connectivity index (χ3n) is 4.12. The Bertz CT molecular complexity index is 405. The van der Waals surface area contributed by atoms with Crippen LogP contribution in [0.2, 0.25) is 0 Å². The van der Waals surface area contributed by atoms with Crippen LogP contribution in [0.4, 0.5) is 5.69 Å². The van der Waals surface area contributed by atoms with Crippen LogP contribution in [0.15, 0.2) is 22.7 Å². The Balaban J connectivity index is 2.01. The fourth-order valence-corrected chi connectivity index (χ4v) is 3.29. The molecule has 1 aliphatic carbocycles.